The lowest BCUT2D eigenvalue weighted by Crippen LogP contribution is -2.59. The van der Waals surface area contributed by atoms with Crippen molar-refractivity contribution in [2.24, 2.45) is 0 Å². The maximum Gasteiger partial charge on any atom is 0.317 e. The highest BCUT2D eigenvalue weighted by Gasteiger charge is 2.38. The highest BCUT2D eigenvalue weighted by Crippen LogP contribution is 2.22. The number of likely N-dealkylation sites (tertiary alicyclic amines) is 1. The molecule has 2 aliphatic heterocycles. The van der Waals surface area contributed by atoms with Crippen LogP contribution in [-0.2, 0) is 16.1 Å². The van der Waals surface area contributed by atoms with E-state index < -0.39 is 11.8 Å². The summed E-state index contributed by atoms with van der Waals surface area (Å²) in [7, 11) is 0. The number of carbonyl (C=O) groups is 3. The molecular formula is C21H29N5O3. The van der Waals surface area contributed by atoms with Gasteiger partial charge in [-0.1, -0.05) is 18.9 Å². The van der Waals surface area contributed by atoms with Crippen LogP contribution in [0.4, 0.5) is 4.79 Å². The van der Waals surface area contributed by atoms with Crippen LogP contribution in [0, 0.1) is 0 Å². The summed E-state index contributed by atoms with van der Waals surface area (Å²) >= 11 is 0. The van der Waals surface area contributed by atoms with Crippen LogP contribution >= 0.6 is 0 Å². The van der Waals surface area contributed by atoms with Crippen molar-refractivity contribution in [3.8, 4) is 0 Å². The van der Waals surface area contributed by atoms with E-state index in [2.05, 4.69) is 10.3 Å². The van der Waals surface area contributed by atoms with E-state index in [1.165, 1.54) is 12.8 Å². The molecule has 1 N–H and O–H groups in total. The van der Waals surface area contributed by atoms with Crippen LogP contribution in [0.3, 0.4) is 0 Å². The maximum atomic E-state index is 12.7. The fourth-order valence-electron chi connectivity index (χ4n) is 4.59. The minimum Gasteiger partial charge on any atom is -0.335 e. The molecule has 156 valence electrons. The molecule has 1 saturated carbocycles. The Bertz CT molecular complexity index is 742. The Morgan fingerprint density at radius 1 is 1.00 bits per heavy atom. The van der Waals surface area contributed by atoms with Gasteiger partial charge in [-0.3, -0.25) is 14.6 Å². The third-order valence-electron chi connectivity index (χ3n) is 6.30. The first-order valence-corrected chi connectivity index (χ1v) is 10.7. The van der Waals surface area contributed by atoms with Crippen molar-refractivity contribution in [2.75, 3.05) is 26.2 Å². The van der Waals surface area contributed by atoms with E-state index in [9.17, 15) is 14.4 Å². The molecule has 29 heavy (non-hydrogen) atoms. The lowest BCUT2D eigenvalue weighted by Gasteiger charge is -2.42. The molecule has 8 nitrogen and oxygen atoms in total. The zero-order valence-electron chi connectivity index (χ0n) is 16.8. The third-order valence-corrected chi connectivity index (χ3v) is 6.30. The minimum atomic E-state index is -0.455. The Morgan fingerprint density at radius 2 is 1.76 bits per heavy atom. The molecule has 2 saturated heterocycles. The van der Waals surface area contributed by atoms with Crippen molar-refractivity contribution in [1.29, 1.82) is 0 Å². The van der Waals surface area contributed by atoms with Crippen LogP contribution in [0.25, 0.3) is 0 Å². The highest BCUT2D eigenvalue weighted by atomic mass is 16.2. The largest absolute Gasteiger partial charge is 0.335 e. The molecule has 4 rings (SSSR count). The number of hydrogen-bond acceptors (Lipinski definition) is 4. The van der Waals surface area contributed by atoms with Gasteiger partial charge in [-0.25, -0.2) is 4.79 Å². The van der Waals surface area contributed by atoms with E-state index >= 15 is 0 Å². The first kappa shape index (κ1) is 19.7. The van der Waals surface area contributed by atoms with E-state index in [0.717, 1.165) is 31.4 Å². The van der Waals surface area contributed by atoms with Crippen molar-refractivity contribution < 1.29 is 14.4 Å². The summed E-state index contributed by atoms with van der Waals surface area (Å²) in [5.41, 5.74) is 0.781. The van der Waals surface area contributed by atoms with Crippen molar-refractivity contribution in [3.05, 3.63) is 30.1 Å². The lowest BCUT2D eigenvalue weighted by molar-refractivity contribution is -0.158. The summed E-state index contributed by atoms with van der Waals surface area (Å²) in [6.45, 7) is 2.66. The van der Waals surface area contributed by atoms with Crippen LogP contribution in [0.15, 0.2) is 24.4 Å². The van der Waals surface area contributed by atoms with E-state index in [4.69, 9.17) is 0 Å². The smallest absolute Gasteiger partial charge is 0.317 e. The van der Waals surface area contributed by atoms with Crippen molar-refractivity contribution in [3.63, 3.8) is 0 Å². The van der Waals surface area contributed by atoms with Gasteiger partial charge in [-0.05, 0) is 37.8 Å². The molecule has 0 unspecified atom stereocenters. The van der Waals surface area contributed by atoms with Gasteiger partial charge in [0.15, 0.2) is 0 Å². The number of nitrogens with one attached hydrogen (secondary N) is 1. The van der Waals surface area contributed by atoms with Crippen molar-refractivity contribution in [1.82, 2.24) is 25.0 Å². The van der Waals surface area contributed by atoms with Crippen LogP contribution in [0.5, 0.6) is 0 Å². The molecule has 1 aromatic heterocycles. The summed E-state index contributed by atoms with van der Waals surface area (Å²) in [4.78, 5) is 47.1. The number of piperazine rings is 1. The number of piperidine rings is 1. The fourth-order valence-corrected chi connectivity index (χ4v) is 4.59. The van der Waals surface area contributed by atoms with Gasteiger partial charge in [-0.2, -0.15) is 0 Å². The summed E-state index contributed by atoms with van der Waals surface area (Å²) in [6.07, 6.45) is 7.65. The number of rotatable bonds is 4. The average molecular weight is 399 g/mol. The Kier molecular flexibility index (Phi) is 5.97. The van der Waals surface area contributed by atoms with Gasteiger partial charge in [-0.15, -0.1) is 0 Å². The fraction of sp³-hybridized carbons (Fsp3) is 0.619. The predicted molar refractivity (Wildman–Crippen MR) is 107 cm³/mol. The van der Waals surface area contributed by atoms with E-state index in [1.54, 1.807) is 16.0 Å². The first-order valence-electron chi connectivity index (χ1n) is 10.7. The zero-order valence-corrected chi connectivity index (χ0v) is 16.8. The zero-order chi connectivity index (χ0) is 20.2. The molecule has 1 aliphatic carbocycles. The molecule has 1 aromatic rings. The lowest BCUT2D eigenvalue weighted by atomic mass is 10.0. The Balaban J connectivity index is 1.27. The summed E-state index contributed by atoms with van der Waals surface area (Å²) in [5.74, 6) is -0.885. The van der Waals surface area contributed by atoms with Gasteiger partial charge in [0.25, 0.3) is 0 Å². The van der Waals surface area contributed by atoms with Crippen LogP contribution < -0.4 is 5.32 Å². The second-order valence-corrected chi connectivity index (χ2v) is 8.20. The maximum absolute atomic E-state index is 12.7. The van der Waals surface area contributed by atoms with Crippen LogP contribution in [0.2, 0.25) is 0 Å². The second kappa shape index (κ2) is 8.80. The number of nitrogens with zero attached hydrogens (tertiary/aromatic N) is 4. The van der Waals surface area contributed by atoms with Gasteiger partial charge in [0.2, 0.25) is 0 Å². The molecule has 4 amide bonds. The average Bonchev–Trinajstić information content (AvgIpc) is 3.25. The normalized spacial score (nSPS) is 21.7. The quantitative estimate of drug-likeness (QED) is 0.775. The van der Waals surface area contributed by atoms with E-state index in [0.29, 0.717) is 38.8 Å². The van der Waals surface area contributed by atoms with Gasteiger partial charge in [0.05, 0.1) is 12.2 Å². The Morgan fingerprint density at radius 3 is 2.45 bits per heavy atom. The monoisotopic (exact) mass is 399 g/mol. The third kappa shape index (κ3) is 4.52. The number of pyridine rings is 1. The Labute approximate surface area is 171 Å². The standard InChI is InChI=1S/C21H29N5O3/c27-19-20(28)26(14-13-25(19)15-17-7-3-4-10-22-17)18-8-11-24(12-9-18)21(29)23-16-5-1-2-6-16/h3-4,7,10,16,18H,1-2,5-6,8-9,11-15H2,(H,23,29). The molecule has 3 fully saturated rings. The van der Waals surface area contributed by atoms with E-state index in [-0.39, 0.29) is 12.1 Å². The van der Waals surface area contributed by atoms with Crippen molar-refractivity contribution >= 4 is 17.8 Å². The number of urea groups is 1. The number of aromatic nitrogens is 1. The number of carbonyl (C=O) groups excluding carboxylic acids is 3. The SMILES string of the molecule is O=C(NC1CCCC1)N1CCC(N2CCN(Cc3ccccn3)C(=O)C2=O)CC1. The van der Waals surface area contributed by atoms with E-state index in [1.807, 2.05) is 23.1 Å². The molecule has 0 bridgehead atoms. The number of amides is 4. The topological polar surface area (TPSA) is 85.8 Å². The van der Waals surface area contributed by atoms with Crippen LogP contribution in [0.1, 0.15) is 44.2 Å². The summed E-state index contributed by atoms with van der Waals surface area (Å²) in [6, 6.07) is 5.91. The highest BCUT2D eigenvalue weighted by molar-refractivity contribution is 6.35. The molecule has 0 aromatic carbocycles. The van der Waals surface area contributed by atoms with Gasteiger partial charge >= 0.3 is 17.8 Å². The molecule has 3 aliphatic rings. The molecule has 0 radical (unpaired) electrons. The molecule has 0 spiro atoms. The molecule has 8 heteroatoms. The van der Waals surface area contributed by atoms with Crippen molar-refractivity contribution in [2.45, 2.75) is 57.2 Å². The molecule has 0 atom stereocenters. The minimum absolute atomic E-state index is 0.0120. The first-order chi connectivity index (χ1) is 14.1. The predicted octanol–water partition coefficient (Wildman–Crippen LogP) is 1.37. The Hall–Kier alpha value is -2.64. The van der Waals surface area contributed by atoms with Gasteiger partial charge < -0.3 is 20.0 Å². The summed E-state index contributed by atoms with van der Waals surface area (Å²) < 4.78 is 0. The van der Waals surface area contributed by atoms with Gasteiger partial charge in [0, 0.05) is 44.5 Å². The van der Waals surface area contributed by atoms with Crippen LogP contribution in [-0.4, -0.2) is 75.8 Å². The molecular weight excluding hydrogens is 370 g/mol. The number of hydrogen-bond donors (Lipinski definition) is 1. The molecule has 3 heterocycles. The second-order valence-electron chi connectivity index (χ2n) is 8.20. The van der Waals surface area contributed by atoms with Gasteiger partial charge in [0.1, 0.15) is 0 Å². The summed E-state index contributed by atoms with van der Waals surface area (Å²) in [5, 5.41) is 3.13.